The van der Waals surface area contributed by atoms with E-state index in [0.29, 0.717) is 19.5 Å². The predicted octanol–water partition coefficient (Wildman–Crippen LogP) is 2.79. The molecule has 7 nitrogen and oxygen atoms in total. The second-order valence-corrected chi connectivity index (χ2v) is 8.14. The number of nitrogens with one attached hydrogen (secondary N) is 2. The third-order valence-electron chi connectivity index (χ3n) is 5.81. The van der Waals surface area contributed by atoms with E-state index < -0.39 is 5.97 Å². The molecule has 2 saturated heterocycles. The number of hydrogen-bond donors (Lipinski definition) is 3. The van der Waals surface area contributed by atoms with Crippen molar-refractivity contribution in [1.29, 1.82) is 0 Å². The van der Waals surface area contributed by atoms with Gasteiger partial charge in [-0.3, -0.25) is 14.4 Å². The molecule has 2 bridgehead atoms. The van der Waals surface area contributed by atoms with Crippen LogP contribution in [0, 0.1) is 11.8 Å². The molecule has 2 rings (SSSR count). The van der Waals surface area contributed by atoms with Gasteiger partial charge in [0.1, 0.15) is 6.42 Å². The van der Waals surface area contributed by atoms with Crippen LogP contribution in [0.4, 0.5) is 0 Å². The van der Waals surface area contributed by atoms with Gasteiger partial charge in [-0.2, -0.15) is 0 Å². The molecule has 4 atom stereocenters. The molecule has 0 spiro atoms. The lowest BCUT2D eigenvalue weighted by Crippen LogP contribution is -2.39. The van der Waals surface area contributed by atoms with Crippen LogP contribution < -0.4 is 10.6 Å². The van der Waals surface area contributed by atoms with Gasteiger partial charge in [0.15, 0.2) is 0 Å². The maximum Gasteiger partial charge on any atom is 0.303 e. The number of carbonyl (C=O) groups excluding carboxylic acids is 2. The summed E-state index contributed by atoms with van der Waals surface area (Å²) >= 11 is 0. The van der Waals surface area contributed by atoms with E-state index in [1.165, 1.54) is 0 Å². The average molecular weight is 409 g/mol. The molecule has 2 amide bonds. The molecule has 7 heteroatoms. The second kappa shape index (κ2) is 12.6. The molecular formula is C22H36N2O5. The lowest BCUT2D eigenvalue weighted by molar-refractivity contribution is -0.137. The summed E-state index contributed by atoms with van der Waals surface area (Å²) in [5, 5.41) is 14.4. The molecule has 0 unspecified atom stereocenters. The van der Waals surface area contributed by atoms with Crippen molar-refractivity contribution in [2.24, 2.45) is 11.8 Å². The van der Waals surface area contributed by atoms with Gasteiger partial charge in [0.2, 0.25) is 11.8 Å². The lowest BCUT2D eigenvalue weighted by atomic mass is 9.79. The standard InChI is InChI=1S/C22H36N2O5/c1-2-3-8-13-23-20(25)14-21(26)24-15-17-16(18-11-12-19(17)29-18)9-6-4-5-7-10-22(27)28/h6,9,16-19H,2-5,7-8,10-15H2,1H3,(H,23,25)(H,24,26)(H,27,28)/b9-6-/t16-,17+,18-,19+/m0/s1. The Morgan fingerprint density at radius 3 is 2.55 bits per heavy atom. The largest absolute Gasteiger partial charge is 0.481 e. The van der Waals surface area contributed by atoms with Gasteiger partial charge in [0.05, 0.1) is 12.2 Å². The number of amides is 2. The van der Waals surface area contributed by atoms with Crippen LogP contribution in [0.5, 0.6) is 0 Å². The highest BCUT2D eigenvalue weighted by Crippen LogP contribution is 2.43. The molecule has 2 aliphatic heterocycles. The highest BCUT2D eigenvalue weighted by molar-refractivity contribution is 5.96. The topological polar surface area (TPSA) is 105 Å². The summed E-state index contributed by atoms with van der Waals surface area (Å²) in [4.78, 5) is 34.5. The van der Waals surface area contributed by atoms with Crippen molar-refractivity contribution in [1.82, 2.24) is 10.6 Å². The smallest absolute Gasteiger partial charge is 0.303 e. The van der Waals surface area contributed by atoms with Gasteiger partial charge >= 0.3 is 5.97 Å². The number of allylic oxidation sites excluding steroid dienone is 1. The third kappa shape index (κ3) is 8.17. The van der Waals surface area contributed by atoms with Crippen molar-refractivity contribution in [3.05, 3.63) is 12.2 Å². The molecule has 3 N–H and O–H groups in total. The van der Waals surface area contributed by atoms with Gasteiger partial charge in [-0.15, -0.1) is 0 Å². The molecule has 0 aromatic heterocycles. The van der Waals surface area contributed by atoms with Crippen molar-refractivity contribution in [2.45, 2.75) is 83.3 Å². The summed E-state index contributed by atoms with van der Waals surface area (Å²) in [7, 11) is 0. The van der Waals surface area contributed by atoms with Crippen molar-refractivity contribution in [2.75, 3.05) is 13.1 Å². The number of ether oxygens (including phenoxy) is 1. The normalized spacial score (nSPS) is 25.4. The Hall–Kier alpha value is -1.89. The number of carboxylic acid groups (broad SMARTS) is 1. The van der Waals surface area contributed by atoms with Crippen LogP contribution >= 0.6 is 0 Å². The van der Waals surface area contributed by atoms with Crippen LogP contribution in [-0.4, -0.2) is 48.2 Å². The van der Waals surface area contributed by atoms with E-state index in [1.54, 1.807) is 0 Å². The number of aliphatic carboxylic acids is 1. The van der Waals surface area contributed by atoms with Crippen molar-refractivity contribution in [3.8, 4) is 0 Å². The van der Waals surface area contributed by atoms with E-state index in [-0.39, 0.29) is 48.7 Å². The van der Waals surface area contributed by atoms with Crippen molar-refractivity contribution >= 4 is 17.8 Å². The summed E-state index contributed by atoms with van der Waals surface area (Å²) in [6.45, 7) is 3.26. The van der Waals surface area contributed by atoms with E-state index in [9.17, 15) is 14.4 Å². The van der Waals surface area contributed by atoms with Crippen LogP contribution in [-0.2, 0) is 19.1 Å². The number of hydrogen-bond acceptors (Lipinski definition) is 4. The van der Waals surface area contributed by atoms with Gasteiger partial charge in [-0.1, -0.05) is 31.9 Å². The van der Waals surface area contributed by atoms with Crippen LogP contribution in [0.25, 0.3) is 0 Å². The van der Waals surface area contributed by atoms with E-state index in [2.05, 4.69) is 29.7 Å². The number of rotatable bonds is 14. The summed E-state index contributed by atoms with van der Waals surface area (Å²) in [5.41, 5.74) is 0. The first-order valence-electron chi connectivity index (χ1n) is 11.1. The Kier molecular flexibility index (Phi) is 10.2. The minimum atomic E-state index is -0.749. The molecule has 0 aromatic rings. The SMILES string of the molecule is CCCCCNC(=O)CC(=O)NC[C@@H]1[C@H](/C=C\CCCCC(=O)O)[C@@H]2CC[C@H]1O2. The minimum absolute atomic E-state index is 0.127. The zero-order valence-corrected chi connectivity index (χ0v) is 17.5. The number of fused-ring (bicyclic) bond motifs is 2. The predicted molar refractivity (Wildman–Crippen MR) is 110 cm³/mol. The average Bonchev–Trinajstić information content (AvgIpc) is 3.28. The fourth-order valence-electron chi connectivity index (χ4n) is 4.24. The number of unbranched alkanes of at least 4 members (excludes halogenated alkanes) is 4. The van der Waals surface area contributed by atoms with Crippen LogP contribution in [0.1, 0.15) is 71.1 Å². The van der Waals surface area contributed by atoms with E-state index in [0.717, 1.165) is 44.9 Å². The monoisotopic (exact) mass is 408 g/mol. The van der Waals surface area contributed by atoms with E-state index >= 15 is 0 Å². The first kappa shape index (κ1) is 23.4. The molecule has 29 heavy (non-hydrogen) atoms. The fraction of sp³-hybridized carbons (Fsp3) is 0.773. The van der Waals surface area contributed by atoms with E-state index in [4.69, 9.17) is 9.84 Å². The molecule has 164 valence electrons. The summed E-state index contributed by atoms with van der Waals surface area (Å²) in [6, 6.07) is 0. The Labute approximate surface area is 173 Å². The fourth-order valence-corrected chi connectivity index (χ4v) is 4.24. The molecule has 0 aromatic carbocycles. The van der Waals surface area contributed by atoms with Crippen molar-refractivity contribution < 1.29 is 24.2 Å². The van der Waals surface area contributed by atoms with E-state index in [1.807, 2.05) is 0 Å². The van der Waals surface area contributed by atoms with Gasteiger partial charge in [0, 0.05) is 31.3 Å². The number of carbonyl (C=O) groups is 3. The minimum Gasteiger partial charge on any atom is -0.481 e. The Morgan fingerprint density at radius 1 is 1.03 bits per heavy atom. The molecule has 2 aliphatic rings. The molecule has 0 aliphatic carbocycles. The Balaban J connectivity index is 1.70. The van der Waals surface area contributed by atoms with Crippen LogP contribution in [0.3, 0.4) is 0 Å². The maximum atomic E-state index is 12.1. The van der Waals surface area contributed by atoms with Gasteiger partial charge in [-0.05, 0) is 38.5 Å². The van der Waals surface area contributed by atoms with Gasteiger partial charge in [-0.25, -0.2) is 0 Å². The first-order chi connectivity index (χ1) is 14.0. The zero-order valence-electron chi connectivity index (χ0n) is 17.5. The number of carboxylic acids is 1. The Bertz CT molecular complexity index is 578. The Morgan fingerprint density at radius 2 is 1.79 bits per heavy atom. The molecular weight excluding hydrogens is 372 g/mol. The van der Waals surface area contributed by atoms with Crippen LogP contribution in [0.15, 0.2) is 12.2 Å². The summed E-state index contributed by atoms with van der Waals surface area (Å²) in [5.74, 6) is -0.698. The quantitative estimate of drug-likeness (QED) is 0.233. The highest BCUT2D eigenvalue weighted by atomic mass is 16.5. The second-order valence-electron chi connectivity index (χ2n) is 8.14. The molecule has 0 radical (unpaired) electrons. The molecule has 2 fully saturated rings. The van der Waals surface area contributed by atoms with Gasteiger partial charge in [0.25, 0.3) is 0 Å². The molecule has 0 saturated carbocycles. The maximum absolute atomic E-state index is 12.1. The first-order valence-corrected chi connectivity index (χ1v) is 11.1. The molecule has 2 heterocycles. The summed E-state index contributed by atoms with van der Waals surface area (Å²) < 4.78 is 6.04. The van der Waals surface area contributed by atoms with Gasteiger partial charge < -0.3 is 20.5 Å². The van der Waals surface area contributed by atoms with Crippen LogP contribution in [0.2, 0.25) is 0 Å². The highest BCUT2D eigenvalue weighted by Gasteiger charge is 2.47. The van der Waals surface area contributed by atoms with Crippen molar-refractivity contribution in [3.63, 3.8) is 0 Å². The zero-order chi connectivity index (χ0) is 21.1. The lowest BCUT2D eigenvalue weighted by Gasteiger charge is -2.26. The third-order valence-corrected chi connectivity index (χ3v) is 5.81. The summed E-state index contributed by atoms with van der Waals surface area (Å²) in [6.07, 6.45) is 12.4.